The number of fused-ring (bicyclic) bond motifs is 1. The SMILES string of the molecule is COCCn1c(=NC(=O)C=Cc2ccc([N+](=O)[O-])s2)sc2cc(C)ccc21. The van der Waals surface area contributed by atoms with E-state index in [1.807, 2.05) is 23.6 Å². The van der Waals surface area contributed by atoms with Gasteiger partial charge in [-0.3, -0.25) is 14.9 Å². The minimum absolute atomic E-state index is 0.0383. The van der Waals surface area contributed by atoms with Crippen LogP contribution in [0.1, 0.15) is 10.4 Å². The predicted octanol–water partition coefficient (Wildman–Crippen LogP) is 3.77. The van der Waals surface area contributed by atoms with Gasteiger partial charge in [-0.25, -0.2) is 0 Å². The number of ether oxygens (including phenoxy) is 1. The van der Waals surface area contributed by atoms with E-state index in [0.29, 0.717) is 22.8 Å². The zero-order valence-corrected chi connectivity index (χ0v) is 16.4. The number of nitrogens with zero attached hydrogens (tertiary/aromatic N) is 3. The molecule has 0 aliphatic carbocycles. The Morgan fingerprint density at radius 2 is 2.15 bits per heavy atom. The van der Waals surface area contributed by atoms with Crippen LogP contribution in [0.5, 0.6) is 0 Å². The summed E-state index contributed by atoms with van der Waals surface area (Å²) < 4.78 is 8.18. The third-order valence-corrected chi connectivity index (χ3v) is 5.79. The van der Waals surface area contributed by atoms with Crippen molar-refractivity contribution in [1.29, 1.82) is 0 Å². The van der Waals surface area contributed by atoms with Gasteiger partial charge >= 0.3 is 5.00 Å². The van der Waals surface area contributed by atoms with E-state index in [4.69, 9.17) is 4.74 Å². The first-order chi connectivity index (χ1) is 13.0. The number of hydrogen-bond donors (Lipinski definition) is 0. The topological polar surface area (TPSA) is 86.7 Å². The number of amides is 1. The van der Waals surface area contributed by atoms with E-state index in [2.05, 4.69) is 11.1 Å². The lowest BCUT2D eigenvalue weighted by Gasteiger charge is -2.04. The number of hydrogen-bond acceptors (Lipinski definition) is 6. The Morgan fingerprint density at radius 3 is 2.85 bits per heavy atom. The molecule has 27 heavy (non-hydrogen) atoms. The summed E-state index contributed by atoms with van der Waals surface area (Å²) in [5.41, 5.74) is 2.15. The number of methoxy groups -OCH3 is 1. The molecule has 0 saturated carbocycles. The first kappa shape index (κ1) is 19.2. The lowest BCUT2D eigenvalue weighted by molar-refractivity contribution is -0.380. The molecule has 3 rings (SSSR count). The van der Waals surface area contributed by atoms with Gasteiger partial charge in [0.15, 0.2) is 4.80 Å². The molecule has 0 N–H and O–H groups in total. The number of aromatic nitrogens is 1. The van der Waals surface area contributed by atoms with Gasteiger partial charge in [0.05, 0.1) is 21.7 Å². The molecule has 0 saturated heterocycles. The molecule has 0 bridgehead atoms. The van der Waals surface area contributed by atoms with Gasteiger partial charge in [0.25, 0.3) is 5.91 Å². The van der Waals surface area contributed by atoms with E-state index >= 15 is 0 Å². The van der Waals surface area contributed by atoms with Crippen molar-refractivity contribution < 1.29 is 14.5 Å². The van der Waals surface area contributed by atoms with Crippen LogP contribution in [0.2, 0.25) is 0 Å². The van der Waals surface area contributed by atoms with Gasteiger partial charge in [-0.15, -0.1) is 0 Å². The summed E-state index contributed by atoms with van der Waals surface area (Å²) in [5.74, 6) is -0.416. The molecular formula is C18H17N3O4S2. The molecule has 0 radical (unpaired) electrons. The molecule has 0 unspecified atom stereocenters. The van der Waals surface area contributed by atoms with Crippen LogP contribution in [-0.2, 0) is 16.1 Å². The van der Waals surface area contributed by atoms with Crippen molar-refractivity contribution in [2.45, 2.75) is 13.5 Å². The van der Waals surface area contributed by atoms with Crippen LogP contribution in [0.25, 0.3) is 16.3 Å². The second kappa shape index (κ2) is 8.38. The van der Waals surface area contributed by atoms with Crippen molar-refractivity contribution in [2.24, 2.45) is 4.99 Å². The molecule has 7 nitrogen and oxygen atoms in total. The van der Waals surface area contributed by atoms with Gasteiger partial charge in [-0.1, -0.05) is 28.7 Å². The molecule has 0 fully saturated rings. The molecular weight excluding hydrogens is 386 g/mol. The molecule has 0 atom stereocenters. The van der Waals surface area contributed by atoms with Crippen molar-refractivity contribution in [3.05, 3.63) is 61.8 Å². The Bertz CT molecular complexity index is 1090. The van der Waals surface area contributed by atoms with E-state index < -0.39 is 10.8 Å². The number of benzene rings is 1. The molecule has 140 valence electrons. The van der Waals surface area contributed by atoms with Crippen LogP contribution >= 0.6 is 22.7 Å². The number of carbonyl (C=O) groups excluding carboxylic acids is 1. The average molecular weight is 403 g/mol. The molecule has 2 heterocycles. The summed E-state index contributed by atoms with van der Waals surface area (Å²) in [7, 11) is 1.63. The highest BCUT2D eigenvalue weighted by Crippen LogP contribution is 2.24. The second-order valence-electron chi connectivity index (χ2n) is 5.72. The van der Waals surface area contributed by atoms with Crippen LogP contribution in [0.3, 0.4) is 0 Å². The Hall–Kier alpha value is -2.62. The second-order valence-corrected chi connectivity index (χ2v) is 7.82. The van der Waals surface area contributed by atoms with Crippen LogP contribution in [-0.4, -0.2) is 29.1 Å². The first-order valence-electron chi connectivity index (χ1n) is 8.08. The molecule has 2 aromatic heterocycles. The normalized spacial score (nSPS) is 12.3. The highest BCUT2D eigenvalue weighted by atomic mass is 32.1. The fraction of sp³-hybridized carbons (Fsp3) is 0.222. The molecule has 0 aliphatic heterocycles. The van der Waals surface area contributed by atoms with E-state index in [9.17, 15) is 14.9 Å². The lowest BCUT2D eigenvalue weighted by atomic mass is 10.2. The predicted molar refractivity (Wildman–Crippen MR) is 107 cm³/mol. The number of rotatable bonds is 6. The highest BCUT2D eigenvalue weighted by Gasteiger charge is 2.09. The number of thiazole rings is 1. The fourth-order valence-electron chi connectivity index (χ4n) is 2.48. The van der Waals surface area contributed by atoms with Crippen molar-refractivity contribution in [3.63, 3.8) is 0 Å². The molecule has 1 aromatic carbocycles. The molecule has 0 spiro atoms. The quantitative estimate of drug-likeness (QED) is 0.356. The van der Waals surface area contributed by atoms with Gasteiger partial charge in [0, 0.05) is 30.7 Å². The maximum atomic E-state index is 12.3. The largest absolute Gasteiger partial charge is 0.383 e. The molecule has 1 amide bonds. The average Bonchev–Trinajstić information content (AvgIpc) is 3.22. The van der Waals surface area contributed by atoms with Crippen molar-refractivity contribution in [2.75, 3.05) is 13.7 Å². The maximum absolute atomic E-state index is 12.3. The summed E-state index contributed by atoms with van der Waals surface area (Å²) in [5, 5.41) is 10.8. The van der Waals surface area contributed by atoms with Gasteiger partial charge in [-0.05, 0) is 36.8 Å². The van der Waals surface area contributed by atoms with E-state index in [1.165, 1.54) is 23.5 Å². The monoisotopic (exact) mass is 403 g/mol. The lowest BCUT2D eigenvalue weighted by Crippen LogP contribution is -2.18. The standard InChI is InChI=1S/C18H17N3O4S2/c1-12-3-6-14-15(11-12)27-18(20(14)9-10-25-2)19-16(22)7-4-13-5-8-17(26-13)21(23)24/h3-8,11H,9-10H2,1-2H3. The van der Waals surface area contributed by atoms with Crippen molar-refractivity contribution >= 4 is 49.9 Å². The number of carbonyl (C=O) groups is 1. The minimum atomic E-state index is -0.452. The Labute approximate surface area is 163 Å². The molecule has 0 aliphatic rings. The number of thiophene rings is 1. The minimum Gasteiger partial charge on any atom is -0.383 e. The van der Waals surface area contributed by atoms with Gasteiger partial charge in [0.2, 0.25) is 0 Å². The van der Waals surface area contributed by atoms with Crippen LogP contribution in [0.15, 0.2) is 41.4 Å². The van der Waals surface area contributed by atoms with E-state index in [1.54, 1.807) is 19.3 Å². The summed E-state index contributed by atoms with van der Waals surface area (Å²) in [4.78, 5) is 28.0. The van der Waals surface area contributed by atoms with Gasteiger partial charge in [-0.2, -0.15) is 4.99 Å². The summed E-state index contributed by atoms with van der Waals surface area (Å²) >= 11 is 2.46. The van der Waals surface area contributed by atoms with Crippen LogP contribution in [0, 0.1) is 17.0 Å². The smallest absolute Gasteiger partial charge is 0.324 e. The molecule has 9 heteroatoms. The van der Waals surface area contributed by atoms with E-state index in [0.717, 1.165) is 27.1 Å². The van der Waals surface area contributed by atoms with Gasteiger partial charge in [0.1, 0.15) is 0 Å². The van der Waals surface area contributed by atoms with Gasteiger partial charge < -0.3 is 9.30 Å². The third kappa shape index (κ3) is 4.57. The van der Waals surface area contributed by atoms with Crippen molar-refractivity contribution in [3.8, 4) is 0 Å². The van der Waals surface area contributed by atoms with Crippen LogP contribution in [0.4, 0.5) is 5.00 Å². The Kier molecular flexibility index (Phi) is 5.94. The first-order valence-corrected chi connectivity index (χ1v) is 9.71. The number of aryl methyl sites for hydroxylation is 1. The zero-order chi connectivity index (χ0) is 19.4. The summed E-state index contributed by atoms with van der Waals surface area (Å²) in [6.07, 6.45) is 2.87. The summed E-state index contributed by atoms with van der Waals surface area (Å²) in [6, 6.07) is 9.12. The van der Waals surface area contributed by atoms with Crippen molar-refractivity contribution in [1.82, 2.24) is 4.57 Å². The fourth-order valence-corrected chi connectivity index (χ4v) is 4.36. The maximum Gasteiger partial charge on any atom is 0.324 e. The Morgan fingerprint density at radius 1 is 1.33 bits per heavy atom. The van der Waals surface area contributed by atoms with E-state index in [-0.39, 0.29) is 5.00 Å². The number of nitro groups is 1. The third-order valence-electron chi connectivity index (χ3n) is 3.75. The zero-order valence-electron chi connectivity index (χ0n) is 14.7. The highest BCUT2D eigenvalue weighted by molar-refractivity contribution is 7.16. The van der Waals surface area contributed by atoms with Crippen LogP contribution < -0.4 is 4.80 Å². The summed E-state index contributed by atoms with van der Waals surface area (Å²) in [6.45, 7) is 3.12. The molecule has 3 aromatic rings. The Balaban J connectivity index is 1.92.